The van der Waals surface area contributed by atoms with Crippen molar-refractivity contribution >= 4 is 22.9 Å². The van der Waals surface area contributed by atoms with Crippen molar-refractivity contribution in [2.24, 2.45) is 5.73 Å². The van der Waals surface area contributed by atoms with Crippen LogP contribution in [0.25, 0.3) is 0 Å². The summed E-state index contributed by atoms with van der Waals surface area (Å²) in [7, 11) is 0. The Labute approximate surface area is 149 Å². The minimum atomic E-state index is 0.457. The highest BCUT2D eigenvalue weighted by Crippen LogP contribution is 2.22. The molecule has 0 radical (unpaired) electrons. The molecule has 1 aliphatic heterocycles. The van der Waals surface area contributed by atoms with Crippen LogP contribution < -0.4 is 11.1 Å². The predicted octanol–water partition coefficient (Wildman–Crippen LogP) is 3.71. The van der Waals surface area contributed by atoms with E-state index in [0.29, 0.717) is 11.0 Å². The molecule has 0 amide bonds. The van der Waals surface area contributed by atoms with E-state index < -0.39 is 0 Å². The number of likely N-dealkylation sites (tertiary alicyclic amines) is 1. The lowest BCUT2D eigenvalue weighted by molar-refractivity contribution is 0.211. The molecular formula is C20H25N3S. The fourth-order valence-electron chi connectivity index (χ4n) is 3.29. The van der Waals surface area contributed by atoms with Crippen LogP contribution in [0.4, 0.5) is 5.69 Å². The molecule has 0 aliphatic carbocycles. The number of rotatable bonds is 5. The summed E-state index contributed by atoms with van der Waals surface area (Å²) in [6.45, 7) is 5.36. The van der Waals surface area contributed by atoms with Crippen molar-refractivity contribution in [3.8, 4) is 0 Å². The van der Waals surface area contributed by atoms with Crippen molar-refractivity contribution in [2.75, 3.05) is 18.4 Å². The second kappa shape index (κ2) is 7.77. The van der Waals surface area contributed by atoms with Crippen LogP contribution in [-0.2, 0) is 6.54 Å². The van der Waals surface area contributed by atoms with Gasteiger partial charge >= 0.3 is 0 Å². The zero-order valence-electron chi connectivity index (χ0n) is 14.2. The number of aryl methyl sites for hydroxylation is 1. The Kier molecular flexibility index (Phi) is 5.48. The first-order valence-corrected chi connectivity index (χ1v) is 8.96. The summed E-state index contributed by atoms with van der Waals surface area (Å²) in [5.41, 5.74) is 10.5. The second-order valence-electron chi connectivity index (χ2n) is 6.59. The maximum Gasteiger partial charge on any atom is 0.106 e. The molecule has 2 aromatic carbocycles. The quantitative estimate of drug-likeness (QED) is 0.815. The standard InChI is InChI=1S/C20H25N3S/c1-15-7-8-18(20(21)24)19(13-15)22-17-9-11-23(12-10-17)14-16-5-3-2-4-6-16/h2-8,13,17,22H,9-12,14H2,1H3,(H2,21,24). The largest absolute Gasteiger partial charge is 0.389 e. The van der Waals surface area contributed by atoms with E-state index in [1.165, 1.54) is 11.1 Å². The Balaban J connectivity index is 1.58. The number of nitrogens with zero attached hydrogens (tertiary/aromatic N) is 1. The van der Waals surface area contributed by atoms with Gasteiger partial charge in [-0.15, -0.1) is 0 Å². The molecular weight excluding hydrogens is 314 g/mol. The molecule has 126 valence electrons. The average Bonchev–Trinajstić information content (AvgIpc) is 2.57. The van der Waals surface area contributed by atoms with E-state index in [1.807, 2.05) is 6.07 Å². The van der Waals surface area contributed by atoms with Crippen LogP contribution >= 0.6 is 12.2 Å². The van der Waals surface area contributed by atoms with E-state index >= 15 is 0 Å². The van der Waals surface area contributed by atoms with Gasteiger partial charge < -0.3 is 11.1 Å². The van der Waals surface area contributed by atoms with E-state index in [4.69, 9.17) is 18.0 Å². The Morgan fingerprint density at radius 1 is 1.17 bits per heavy atom. The number of anilines is 1. The van der Waals surface area contributed by atoms with Gasteiger partial charge in [0, 0.05) is 36.9 Å². The molecule has 3 N–H and O–H groups in total. The molecule has 0 aromatic heterocycles. The van der Waals surface area contributed by atoms with Crippen molar-refractivity contribution in [2.45, 2.75) is 32.4 Å². The summed E-state index contributed by atoms with van der Waals surface area (Å²) < 4.78 is 0. The molecule has 2 aromatic rings. The third-order valence-electron chi connectivity index (χ3n) is 4.64. The summed E-state index contributed by atoms with van der Waals surface area (Å²) in [5.74, 6) is 0. The van der Waals surface area contributed by atoms with Crippen LogP contribution in [0, 0.1) is 6.92 Å². The lowest BCUT2D eigenvalue weighted by atomic mass is 10.0. The lowest BCUT2D eigenvalue weighted by Gasteiger charge is -2.33. The van der Waals surface area contributed by atoms with Crippen molar-refractivity contribution < 1.29 is 0 Å². The van der Waals surface area contributed by atoms with Crippen LogP contribution in [0.3, 0.4) is 0 Å². The molecule has 4 heteroatoms. The van der Waals surface area contributed by atoms with E-state index in [9.17, 15) is 0 Å². The van der Waals surface area contributed by atoms with Gasteiger partial charge in [0.05, 0.1) is 0 Å². The molecule has 0 saturated carbocycles. The normalized spacial score (nSPS) is 16.0. The SMILES string of the molecule is Cc1ccc(C(N)=S)c(NC2CCN(Cc3ccccc3)CC2)c1. The fourth-order valence-corrected chi connectivity index (χ4v) is 3.47. The Hall–Kier alpha value is -1.91. The summed E-state index contributed by atoms with van der Waals surface area (Å²) >= 11 is 5.18. The molecule has 3 nitrogen and oxygen atoms in total. The summed E-state index contributed by atoms with van der Waals surface area (Å²) in [6.07, 6.45) is 2.27. The number of benzene rings is 2. The van der Waals surface area contributed by atoms with Gasteiger partial charge in [-0.2, -0.15) is 0 Å². The summed E-state index contributed by atoms with van der Waals surface area (Å²) in [4.78, 5) is 2.98. The van der Waals surface area contributed by atoms with Crippen molar-refractivity contribution in [3.05, 3.63) is 65.2 Å². The van der Waals surface area contributed by atoms with E-state index in [0.717, 1.165) is 43.7 Å². The first kappa shape index (κ1) is 16.9. The van der Waals surface area contributed by atoms with Gasteiger partial charge in [0.1, 0.15) is 4.99 Å². The Morgan fingerprint density at radius 2 is 1.88 bits per heavy atom. The van der Waals surface area contributed by atoms with Crippen molar-refractivity contribution in [1.29, 1.82) is 0 Å². The summed E-state index contributed by atoms with van der Waals surface area (Å²) in [5, 5.41) is 3.66. The Morgan fingerprint density at radius 3 is 2.54 bits per heavy atom. The number of hydrogen-bond donors (Lipinski definition) is 2. The zero-order chi connectivity index (χ0) is 16.9. The van der Waals surface area contributed by atoms with Crippen LogP contribution in [0.15, 0.2) is 48.5 Å². The van der Waals surface area contributed by atoms with Gasteiger partial charge in [-0.3, -0.25) is 4.90 Å². The monoisotopic (exact) mass is 339 g/mol. The molecule has 0 unspecified atom stereocenters. The third kappa shape index (κ3) is 4.34. The van der Waals surface area contributed by atoms with Gasteiger partial charge in [-0.1, -0.05) is 48.6 Å². The van der Waals surface area contributed by atoms with Gasteiger partial charge in [0.15, 0.2) is 0 Å². The maximum absolute atomic E-state index is 5.86. The molecule has 3 rings (SSSR count). The minimum Gasteiger partial charge on any atom is -0.389 e. The lowest BCUT2D eigenvalue weighted by Crippen LogP contribution is -2.39. The van der Waals surface area contributed by atoms with Gasteiger partial charge in [-0.25, -0.2) is 0 Å². The van der Waals surface area contributed by atoms with Crippen LogP contribution in [0.2, 0.25) is 0 Å². The minimum absolute atomic E-state index is 0.457. The van der Waals surface area contributed by atoms with Crippen molar-refractivity contribution in [3.63, 3.8) is 0 Å². The molecule has 1 heterocycles. The molecule has 1 aliphatic rings. The highest BCUT2D eigenvalue weighted by atomic mass is 32.1. The number of piperidine rings is 1. The zero-order valence-corrected chi connectivity index (χ0v) is 15.0. The Bertz CT molecular complexity index is 691. The molecule has 1 saturated heterocycles. The van der Waals surface area contributed by atoms with E-state index in [1.54, 1.807) is 0 Å². The van der Waals surface area contributed by atoms with Crippen molar-refractivity contribution in [1.82, 2.24) is 4.90 Å². The van der Waals surface area contributed by atoms with E-state index in [-0.39, 0.29) is 0 Å². The smallest absolute Gasteiger partial charge is 0.106 e. The topological polar surface area (TPSA) is 41.3 Å². The number of nitrogens with two attached hydrogens (primary N) is 1. The van der Waals surface area contributed by atoms with E-state index in [2.05, 4.69) is 59.6 Å². The molecule has 0 bridgehead atoms. The predicted molar refractivity (Wildman–Crippen MR) is 105 cm³/mol. The molecule has 0 atom stereocenters. The van der Waals surface area contributed by atoms with Crippen LogP contribution in [0.1, 0.15) is 29.5 Å². The maximum atomic E-state index is 5.86. The van der Waals surface area contributed by atoms with Crippen LogP contribution in [-0.4, -0.2) is 29.0 Å². The van der Waals surface area contributed by atoms with Gasteiger partial charge in [0.25, 0.3) is 0 Å². The number of hydrogen-bond acceptors (Lipinski definition) is 3. The average molecular weight is 340 g/mol. The first-order chi connectivity index (χ1) is 11.6. The van der Waals surface area contributed by atoms with Gasteiger partial charge in [-0.05, 0) is 43.0 Å². The number of thiocarbonyl (C=S) groups is 1. The highest BCUT2D eigenvalue weighted by Gasteiger charge is 2.20. The molecule has 0 spiro atoms. The van der Waals surface area contributed by atoms with Gasteiger partial charge in [0.2, 0.25) is 0 Å². The second-order valence-corrected chi connectivity index (χ2v) is 7.03. The molecule has 24 heavy (non-hydrogen) atoms. The highest BCUT2D eigenvalue weighted by molar-refractivity contribution is 7.80. The fraction of sp³-hybridized carbons (Fsp3) is 0.350. The molecule has 1 fully saturated rings. The van der Waals surface area contributed by atoms with Crippen LogP contribution in [0.5, 0.6) is 0 Å². The summed E-state index contributed by atoms with van der Waals surface area (Å²) in [6, 6.07) is 17.4. The number of nitrogens with one attached hydrogen (secondary N) is 1. The first-order valence-electron chi connectivity index (χ1n) is 8.55. The third-order valence-corrected chi connectivity index (χ3v) is 4.86.